The molecule has 1 heterocycles. The molecule has 3 heteroatoms. The van der Waals surface area contributed by atoms with Gasteiger partial charge in [0, 0.05) is 13.1 Å². The maximum absolute atomic E-state index is 12.2. The zero-order chi connectivity index (χ0) is 13.9. The van der Waals surface area contributed by atoms with Gasteiger partial charge >= 0.3 is 0 Å². The Bertz CT molecular complexity index is 431. The van der Waals surface area contributed by atoms with Crippen molar-refractivity contribution in [3.8, 4) is 0 Å². The largest absolute Gasteiger partial charge is 0.342 e. The molecule has 0 atom stereocenters. The smallest absolute Gasteiger partial charge is 0.226 e. The molecule has 0 unspecified atom stereocenters. The molecule has 104 valence electrons. The molecule has 2 N–H and O–H groups in total. The van der Waals surface area contributed by atoms with Crippen molar-refractivity contribution in [2.75, 3.05) is 19.6 Å². The van der Waals surface area contributed by atoms with Gasteiger partial charge in [0.05, 0.1) is 6.42 Å². The summed E-state index contributed by atoms with van der Waals surface area (Å²) >= 11 is 0. The zero-order valence-electron chi connectivity index (χ0n) is 12.0. The highest BCUT2D eigenvalue weighted by atomic mass is 16.2. The minimum absolute atomic E-state index is 0.223. The van der Waals surface area contributed by atoms with Gasteiger partial charge in [0.2, 0.25) is 5.91 Å². The van der Waals surface area contributed by atoms with Gasteiger partial charge in [-0.2, -0.15) is 0 Å². The fraction of sp³-hybridized carbons (Fsp3) is 0.562. The fourth-order valence-corrected chi connectivity index (χ4v) is 2.49. The second kappa shape index (κ2) is 5.74. The fourth-order valence-electron chi connectivity index (χ4n) is 2.49. The van der Waals surface area contributed by atoms with Crippen LogP contribution in [0.25, 0.3) is 0 Å². The predicted octanol–water partition coefficient (Wildman–Crippen LogP) is 2.12. The number of amides is 1. The molecule has 19 heavy (non-hydrogen) atoms. The average molecular weight is 260 g/mol. The van der Waals surface area contributed by atoms with Gasteiger partial charge in [-0.3, -0.25) is 4.79 Å². The number of carbonyl (C=O) groups excluding carboxylic acids is 1. The highest BCUT2D eigenvalue weighted by molar-refractivity contribution is 5.78. The van der Waals surface area contributed by atoms with Crippen molar-refractivity contribution in [1.82, 2.24) is 4.90 Å². The third-order valence-corrected chi connectivity index (χ3v) is 4.29. The minimum atomic E-state index is 0.223. The summed E-state index contributed by atoms with van der Waals surface area (Å²) in [7, 11) is 0. The topological polar surface area (TPSA) is 46.3 Å². The van der Waals surface area contributed by atoms with Gasteiger partial charge in [0.15, 0.2) is 0 Å². The lowest BCUT2D eigenvalue weighted by molar-refractivity contribution is -0.132. The van der Waals surface area contributed by atoms with Crippen molar-refractivity contribution < 1.29 is 4.79 Å². The number of hydrogen-bond donors (Lipinski definition) is 1. The number of hydrogen-bond acceptors (Lipinski definition) is 2. The molecule has 0 radical (unpaired) electrons. The summed E-state index contributed by atoms with van der Waals surface area (Å²) < 4.78 is 0. The number of likely N-dealkylation sites (tertiary alicyclic amines) is 1. The molecule has 2 rings (SSSR count). The van der Waals surface area contributed by atoms with Gasteiger partial charge in [0.1, 0.15) is 0 Å². The van der Waals surface area contributed by atoms with Gasteiger partial charge in [-0.1, -0.05) is 36.8 Å². The summed E-state index contributed by atoms with van der Waals surface area (Å²) in [4.78, 5) is 14.2. The normalized spacial score (nSPS) is 18.4. The monoisotopic (exact) mass is 260 g/mol. The van der Waals surface area contributed by atoms with E-state index in [2.05, 4.69) is 26.0 Å². The molecular weight excluding hydrogens is 236 g/mol. The number of nitrogens with two attached hydrogens (primary N) is 1. The predicted molar refractivity (Wildman–Crippen MR) is 77.9 cm³/mol. The molecule has 1 aliphatic rings. The number of piperidine rings is 1. The molecule has 1 amide bonds. The molecule has 1 aliphatic heterocycles. The van der Waals surface area contributed by atoms with Crippen molar-refractivity contribution in [2.24, 2.45) is 11.1 Å². The number of nitrogens with zero attached hydrogens (tertiary/aromatic N) is 1. The van der Waals surface area contributed by atoms with E-state index in [1.807, 2.05) is 17.0 Å². The van der Waals surface area contributed by atoms with Crippen molar-refractivity contribution in [1.29, 1.82) is 0 Å². The quantitative estimate of drug-likeness (QED) is 0.905. The van der Waals surface area contributed by atoms with Crippen LogP contribution in [0.1, 0.15) is 30.9 Å². The molecule has 0 spiro atoms. The van der Waals surface area contributed by atoms with Gasteiger partial charge in [-0.05, 0) is 37.3 Å². The van der Waals surface area contributed by atoms with E-state index in [1.165, 1.54) is 5.56 Å². The van der Waals surface area contributed by atoms with Crippen LogP contribution in [0, 0.1) is 12.3 Å². The third-order valence-electron chi connectivity index (χ3n) is 4.29. The Hall–Kier alpha value is -1.35. The first-order valence-corrected chi connectivity index (χ1v) is 7.06. The van der Waals surface area contributed by atoms with Gasteiger partial charge < -0.3 is 10.6 Å². The summed E-state index contributed by atoms with van der Waals surface area (Å²) in [6.07, 6.45) is 2.55. The van der Waals surface area contributed by atoms with Crippen molar-refractivity contribution >= 4 is 5.91 Å². The second-order valence-electron chi connectivity index (χ2n) is 6.06. The van der Waals surface area contributed by atoms with E-state index in [4.69, 9.17) is 5.73 Å². The Kier molecular flexibility index (Phi) is 4.25. The lowest BCUT2D eigenvalue weighted by atomic mass is 9.80. The van der Waals surface area contributed by atoms with Crippen LogP contribution in [-0.4, -0.2) is 30.4 Å². The Morgan fingerprint density at radius 3 is 2.37 bits per heavy atom. The molecule has 3 nitrogen and oxygen atoms in total. The minimum Gasteiger partial charge on any atom is -0.342 e. The molecule has 1 saturated heterocycles. The Balaban J connectivity index is 1.89. The van der Waals surface area contributed by atoms with E-state index >= 15 is 0 Å². The van der Waals surface area contributed by atoms with E-state index in [9.17, 15) is 4.79 Å². The third kappa shape index (κ3) is 3.57. The summed E-state index contributed by atoms with van der Waals surface area (Å²) in [5, 5.41) is 0. The number of carbonyl (C=O) groups is 1. The molecule has 1 fully saturated rings. The second-order valence-corrected chi connectivity index (χ2v) is 6.06. The van der Waals surface area contributed by atoms with Gasteiger partial charge in [-0.15, -0.1) is 0 Å². The maximum atomic E-state index is 12.2. The summed E-state index contributed by atoms with van der Waals surface area (Å²) in [6, 6.07) is 8.21. The Labute approximate surface area is 115 Å². The first-order valence-electron chi connectivity index (χ1n) is 7.06. The summed E-state index contributed by atoms with van der Waals surface area (Å²) in [5.74, 6) is 0.239. The van der Waals surface area contributed by atoms with Crippen LogP contribution in [0.4, 0.5) is 0 Å². The summed E-state index contributed by atoms with van der Waals surface area (Å²) in [6.45, 7) is 6.68. The lowest BCUT2D eigenvalue weighted by Crippen LogP contribution is -2.45. The molecule has 0 aromatic heterocycles. The molecule has 1 aromatic rings. The Morgan fingerprint density at radius 1 is 1.26 bits per heavy atom. The molecule has 0 saturated carbocycles. The first-order chi connectivity index (χ1) is 9.02. The SMILES string of the molecule is Cc1ccc(CC(=O)N2CCC(C)(CN)CC2)cc1. The standard InChI is InChI=1S/C16H24N2O/c1-13-3-5-14(6-4-13)11-15(19)18-9-7-16(2,12-17)8-10-18/h3-6H,7-12,17H2,1-2H3. The van der Waals surface area contributed by atoms with E-state index in [-0.39, 0.29) is 11.3 Å². The Morgan fingerprint density at radius 2 is 1.84 bits per heavy atom. The van der Waals surface area contributed by atoms with Crippen LogP contribution in [0.5, 0.6) is 0 Å². The highest BCUT2D eigenvalue weighted by Crippen LogP contribution is 2.29. The van der Waals surface area contributed by atoms with Crippen LogP contribution in [0.15, 0.2) is 24.3 Å². The van der Waals surface area contributed by atoms with Crippen molar-refractivity contribution in [2.45, 2.75) is 33.1 Å². The van der Waals surface area contributed by atoms with E-state index < -0.39 is 0 Å². The van der Waals surface area contributed by atoms with Crippen molar-refractivity contribution in [3.63, 3.8) is 0 Å². The molecule has 0 bridgehead atoms. The van der Waals surface area contributed by atoms with Crippen LogP contribution < -0.4 is 5.73 Å². The first kappa shape index (κ1) is 14.1. The molecule has 1 aromatic carbocycles. The molecular formula is C16H24N2O. The van der Waals surface area contributed by atoms with Crippen LogP contribution >= 0.6 is 0 Å². The number of rotatable bonds is 3. The van der Waals surface area contributed by atoms with E-state index in [0.717, 1.165) is 31.5 Å². The highest BCUT2D eigenvalue weighted by Gasteiger charge is 2.30. The zero-order valence-corrected chi connectivity index (χ0v) is 12.0. The van der Waals surface area contributed by atoms with Crippen molar-refractivity contribution in [3.05, 3.63) is 35.4 Å². The van der Waals surface area contributed by atoms with Crippen LogP contribution in [-0.2, 0) is 11.2 Å². The average Bonchev–Trinajstić information content (AvgIpc) is 2.42. The summed E-state index contributed by atoms with van der Waals surface area (Å²) in [5.41, 5.74) is 8.35. The van der Waals surface area contributed by atoms with E-state index in [0.29, 0.717) is 13.0 Å². The van der Waals surface area contributed by atoms with Gasteiger partial charge in [-0.25, -0.2) is 0 Å². The lowest BCUT2D eigenvalue weighted by Gasteiger charge is -2.38. The van der Waals surface area contributed by atoms with Gasteiger partial charge in [0.25, 0.3) is 0 Å². The molecule has 0 aliphatic carbocycles. The number of benzene rings is 1. The van der Waals surface area contributed by atoms with Crippen LogP contribution in [0.2, 0.25) is 0 Å². The number of aryl methyl sites for hydroxylation is 1. The maximum Gasteiger partial charge on any atom is 0.226 e. The van der Waals surface area contributed by atoms with Crippen LogP contribution in [0.3, 0.4) is 0 Å². The van der Waals surface area contributed by atoms with E-state index in [1.54, 1.807) is 0 Å².